The van der Waals surface area contributed by atoms with Gasteiger partial charge in [0.25, 0.3) is 0 Å². The van der Waals surface area contributed by atoms with Crippen LogP contribution in [0.3, 0.4) is 0 Å². The Morgan fingerprint density at radius 1 is 1.32 bits per heavy atom. The van der Waals surface area contributed by atoms with Gasteiger partial charge in [-0.25, -0.2) is 0 Å². The number of piperazine rings is 3. The number of fused-ring (bicyclic) bond motifs is 3. The zero-order valence-corrected chi connectivity index (χ0v) is 13.2. The van der Waals surface area contributed by atoms with Gasteiger partial charge in [0.1, 0.15) is 0 Å². The highest BCUT2D eigenvalue weighted by atomic mass is 79.9. The van der Waals surface area contributed by atoms with Gasteiger partial charge in [0.05, 0.1) is 22.4 Å². The normalized spacial score (nSPS) is 31.9. The van der Waals surface area contributed by atoms with E-state index in [1.807, 2.05) is 10.9 Å². The van der Waals surface area contributed by atoms with Crippen LogP contribution in [0.2, 0.25) is 0 Å². The highest BCUT2D eigenvalue weighted by molar-refractivity contribution is 9.10. The van der Waals surface area contributed by atoms with Crippen molar-refractivity contribution < 1.29 is 0 Å². The lowest BCUT2D eigenvalue weighted by Crippen LogP contribution is -2.63. The number of halogens is 1. The van der Waals surface area contributed by atoms with Gasteiger partial charge in [-0.15, -0.1) is 0 Å². The lowest BCUT2D eigenvalue weighted by molar-refractivity contribution is 0.000787. The lowest BCUT2D eigenvalue weighted by atomic mass is 9.98. The van der Waals surface area contributed by atoms with Crippen LogP contribution < -0.4 is 5.73 Å². The zero-order chi connectivity index (χ0) is 13.6. The van der Waals surface area contributed by atoms with Crippen molar-refractivity contribution in [3.05, 3.63) is 16.4 Å². The summed E-state index contributed by atoms with van der Waals surface area (Å²) < 4.78 is 3.08. The summed E-state index contributed by atoms with van der Waals surface area (Å²) in [6.07, 6.45) is 1.87. The summed E-state index contributed by atoms with van der Waals surface area (Å²) in [5.74, 6) is 0. The SMILES string of the molecule is CC(C)n1ncc(Br)c1C(N)C1CN2CCN1CC2. The minimum Gasteiger partial charge on any atom is -0.321 e. The average Bonchev–Trinajstić information content (AvgIpc) is 2.81. The summed E-state index contributed by atoms with van der Waals surface area (Å²) >= 11 is 3.61. The second kappa shape index (κ2) is 5.16. The van der Waals surface area contributed by atoms with Crippen molar-refractivity contribution in [2.75, 3.05) is 32.7 Å². The Morgan fingerprint density at radius 3 is 2.53 bits per heavy atom. The fourth-order valence-electron chi connectivity index (χ4n) is 3.25. The largest absolute Gasteiger partial charge is 0.321 e. The van der Waals surface area contributed by atoms with Gasteiger partial charge in [0, 0.05) is 44.8 Å². The molecule has 2 N–H and O–H groups in total. The third-order valence-electron chi connectivity index (χ3n) is 4.33. The Hall–Kier alpha value is -0.430. The molecule has 0 spiro atoms. The van der Waals surface area contributed by atoms with Crippen LogP contribution in [0.15, 0.2) is 10.7 Å². The van der Waals surface area contributed by atoms with Crippen LogP contribution >= 0.6 is 15.9 Å². The predicted molar refractivity (Wildman–Crippen MR) is 79.0 cm³/mol. The predicted octanol–water partition coefficient (Wildman–Crippen LogP) is 1.23. The van der Waals surface area contributed by atoms with Gasteiger partial charge in [-0.2, -0.15) is 5.10 Å². The first-order valence-corrected chi connectivity index (χ1v) is 7.82. The molecule has 5 nitrogen and oxygen atoms in total. The first-order valence-electron chi connectivity index (χ1n) is 7.03. The maximum Gasteiger partial charge on any atom is 0.0713 e. The summed E-state index contributed by atoms with van der Waals surface area (Å²) in [5.41, 5.74) is 7.71. The molecule has 3 saturated heterocycles. The topological polar surface area (TPSA) is 50.3 Å². The van der Waals surface area contributed by atoms with E-state index in [1.165, 1.54) is 13.1 Å². The molecule has 0 aliphatic carbocycles. The molecule has 4 rings (SSSR count). The van der Waals surface area contributed by atoms with Crippen LogP contribution in [0.1, 0.15) is 31.6 Å². The van der Waals surface area contributed by atoms with Gasteiger partial charge < -0.3 is 5.73 Å². The molecule has 0 saturated carbocycles. The quantitative estimate of drug-likeness (QED) is 0.907. The first-order chi connectivity index (χ1) is 9.08. The summed E-state index contributed by atoms with van der Waals surface area (Å²) in [7, 11) is 0. The Balaban J connectivity index is 1.87. The standard InChI is InChI=1S/C13H22BrN5/c1-9(2)19-13(10(14)7-16-19)12(15)11-8-17-3-5-18(11)6-4-17/h7,9,11-12H,3-6,8,15H2,1-2H3. The second-order valence-electron chi connectivity index (χ2n) is 5.85. The fourth-order valence-corrected chi connectivity index (χ4v) is 3.79. The minimum atomic E-state index is 0.0161. The van der Waals surface area contributed by atoms with Crippen LogP contribution in [0.5, 0.6) is 0 Å². The van der Waals surface area contributed by atoms with Crippen molar-refractivity contribution in [1.82, 2.24) is 19.6 Å². The molecule has 1 aromatic heterocycles. The van der Waals surface area contributed by atoms with E-state index in [0.717, 1.165) is 29.8 Å². The van der Waals surface area contributed by atoms with Crippen LogP contribution in [0.4, 0.5) is 0 Å². The van der Waals surface area contributed by atoms with Crippen molar-refractivity contribution in [2.24, 2.45) is 5.73 Å². The lowest BCUT2D eigenvalue weighted by Gasteiger charge is -2.49. The summed E-state index contributed by atoms with van der Waals surface area (Å²) in [6, 6.07) is 0.763. The second-order valence-corrected chi connectivity index (χ2v) is 6.70. The molecule has 19 heavy (non-hydrogen) atoms. The van der Waals surface area contributed by atoms with Crippen molar-refractivity contribution in [1.29, 1.82) is 0 Å². The molecular formula is C13H22BrN5. The molecule has 0 radical (unpaired) electrons. The molecule has 1 aromatic rings. The summed E-state index contributed by atoms with van der Waals surface area (Å²) in [6.45, 7) is 10.0. The van der Waals surface area contributed by atoms with Gasteiger partial charge in [0.15, 0.2) is 0 Å². The summed E-state index contributed by atoms with van der Waals surface area (Å²) in [4.78, 5) is 5.06. The Bertz CT molecular complexity index is 450. The number of nitrogens with two attached hydrogens (primary N) is 1. The Kier molecular flexibility index (Phi) is 3.68. The molecule has 106 valence electrons. The van der Waals surface area contributed by atoms with E-state index in [1.54, 1.807) is 0 Å². The maximum absolute atomic E-state index is 6.58. The van der Waals surface area contributed by atoms with E-state index in [2.05, 4.69) is 44.7 Å². The monoisotopic (exact) mass is 327 g/mol. The van der Waals surface area contributed by atoms with Crippen LogP contribution in [-0.2, 0) is 0 Å². The van der Waals surface area contributed by atoms with E-state index in [-0.39, 0.29) is 6.04 Å². The number of hydrogen-bond acceptors (Lipinski definition) is 4. The van der Waals surface area contributed by atoms with E-state index in [4.69, 9.17) is 5.73 Å². The third kappa shape index (κ3) is 2.35. The number of aromatic nitrogens is 2. The molecule has 2 unspecified atom stereocenters. The van der Waals surface area contributed by atoms with Crippen LogP contribution in [-0.4, -0.2) is 58.3 Å². The van der Waals surface area contributed by atoms with Gasteiger partial charge in [-0.05, 0) is 29.8 Å². The minimum absolute atomic E-state index is 0.0161. The van der Waals surface area contributed by atoms with Gasteiger partial charge in [-0.3, -0.25) is 14.5 Å². The van der Waals surface area contributed by atoms with Crippen LogP contribution in [0, 0.1) is 0 Å². The average molecular weight is 328 g/mol. The molecule has 2 bridgehead atoms. The van der Waals surface area contributed by atoms with Crippen molar-refractivity contribution in [3.63, 3.8) is 0 Å². The molecule has 3 aliphatic rings. The molecule has 2 atom stereocenters. The van der Waals surface area contributed by atoms with E-state index < -0.39 is 0 Å². The third-order valence-corrected chi connectivity index (χ3v) is 4.94. The molecule has 0 aromatic carbocycles. The molecule has 6 heteroatoms. The number of hydrogen-bond donors (Lipinski definition) is 1. The maximum atomic E-state index is 6.58. The van der Waals surface area contributed by atoms with E-state index in [0.29, 0.717) is 12.1 Å². The molecule has 0 amide bonds. The van der Waals surface area contributed by atoms with Crippen LogP contribution in [0.25, 0.3) is 0 Å². The summed E-state index contributed by atoms with van der Waals surface area (Å²) in [5, 5.41) is 4.45. The van der Waals surface area contributed by atoms with Gasteiger partial charge >= 0.3 is 0 Å². The molecule has 3 aliphatic heterocycles. The fraction of sp³-hybridized carbons (Fsp3) is 0.769. The highest BCUT2D eigenvalue weighted by Crippen LogP contribution is 2.31. The smallest absolute Gasteiger partial charge is 0.0713 e. The van der Waals surface area contributed by atoms with Crippen molar-refractivity contribution in [3.8, 4) is 0 Å². The van der Waals surface area contributed by atoms with E-state index >= 15 is 0 Å². The molecule has 3 fully saturated rings. The number of rotatable bonds is 3. The molecule has 4 heterocycles. The Morgan fingerprint density at radius 2 is 2.00 bits per heavy atom. The number of nitrogens with zero attached hydrogens (tertiary/aromatic N) is 4. The van der Waals surface area contributed by atoms with Gasteiger partial charge in [0.2, 0.25) is 0 Å². The zero-order valence-electron chi connectivity index (χ0n) is 11.6. The molecular weight excluding hydrogens is 306 g/mol. The van der Waals surface area contributed by atoms with Crippen molar-refractivity contribution >= 4 is 15.9 Å². The highest BCUT2D eigenvalue weighted by Gasteiger charge is 2.37. The van der Waals surface area contributed by atoms with Crippen molar-refractivity contribution in [2.45, 2.75) is 32.0 Å². The first kappa shape index (κ1) is 13.5. The van der Waals surface area contributed by atoms with E-state index in [9.17, 15) is 0 Å². The van der Waals surface area contributed by atoms with Gasteiger partial charge in [-0.1, -0.05) is 0 Å². The Labute approximate surface area is 122 Å².